The van der Waals surface area contributed by atoms with Crippen molar-refractivity contribution in [3.63, 3.8) is 0 Å². The van der Waals surface area contributed by atoms with Gasteiger partial charge in [0.05, 0.1) is 16.6 Å². The Labute approximate surface area is 106 Å². The van der Waals surface area contributed by atoms with Gasteiger partial charge in [-0.05, 0) is 32.9 Å². The maximum absolute atomic E-state index is 11.9. The fourth-order valence-electron chi connectivity index (χ4n) is 1.16. The van der Waals surface area contributed by atoms with E-state index in [0.29, 0.717) is 15.6 Å². The van der Waals surface area contributed by atoms with Crippen molar-refractivity contribution in [3.8, 4) is 0 Å². The van der Waals surface area contributed by atoms with E-state index in [9.17, 15) is 4.79 Å². The zero-order valence-electron chi connectivity index (χ0n) is 9.60. The molecular formula is C12H15Cl2NO. The van der Waals surface area contributed by atoms with E-state index in [2.05, 4.69) is 5.32 Å². The van der Waals surface area contributed by atoms with Crippen LogP contribution < -0.4 is 5.32 Å². The molecule has 0 amide bonds. The Morgan fingerprint density at radius 3 is 2.50 bits per heavy atom. The van der Waals surface area contributed by atoms with Crippen molar-refractivity contribution in [2.24, 2.45) is 0 Å². The van der Waals surface area contributed by atoms with Crippen LogP contribution in [-0.2, 0) is 0 Å². The van der Waals surface area contributed by atoms with Gasteiger partial charge in [0.15, 0.2) is 5.78 Å². The van der Waals surface area contributed by atoms with Crippen LogP contribution in [0.15, 0.2) is 18.2 Å². The number of ketones is 1. The smallest absolute Gasteiger partial charge is 0.178 e. The first-order valence-electron chi connectivity index (χ1n) is 5.03. The molecule has 0 aromatic heterocycles. The predicted octanol–water partition coefficient (Wildman–Crippen LogP) is 3.56. The molecule has 1 aromatic rings. The second-order valence-electron chi connectivity index (χ2n) is 4.63. The number of rotatable bonds is 3. The monoisotopic (exact) mass is 259 g/mol. The van der Waals surface area contributed by atoms with E-state index in [0.717, 1.165) is 0 Å². The van der Waals surface area contributed by atoms with E-state index in [1.54, 1.807) is 18.2 Å². The highest BCUT2D eigenvalue weighted by atomic mass is 35.5. The zero-order valence-corrected chi connectivity index (χ0v) is 11.1. The van der Waals surface area contributed by atoms with Gasteiger partial charge in [-0.2, -0.15) is 0 Å². The van der Waals surface area contributed by atoms with Crippen molar-refractivity contribution in [2.75, 3.05) is 6.54 Å². The molecule has 0 aliphatic heterocycles. The average molecular weight is 260 g/mol. The number of halogens is 2. The number of nitrogens with one attached hydrogen (secondary N) is 1. The Bertz CT molecular complexity index is 396. The van der Waals surface area contributed by atoms with Gasteiger partial charge < -0.3 is 5.32 Å². The van der Waals surface area contributed by atoms with Crippen LogP contribution in [0.25, 0.3) is 0 Å². The van der Waals surface area contributed by atoms with E-state index in [-0.39, 0.29) is 17.9 Å². The van der Waals surface area contributed by atoms with Crippen LogP contribution in [0.2, 0.25) is 10.0 Å². The molecule has 4 heteroatoms. The Balaban J connectivity index is 2.78. The first kappa shape index (κ1) is 13.5. The highest BCUT2D eigenvalue weighted by molar-refractivity contribution is 6.43. The minimum absolute atomic E-state index is 0.0533. The van der Waals surface area contributed by atoms with E-state index < -0.39 is 0 Å². The summed E-state index contributed by atoms with van der Waals surface area (Å²) in [7, 11) is 0. The van der Waals surface area contributed by atoms with Gasteiger partial charge in [-0.1, -0.05) is 29.3 Å². The molecule has 0 bridgehead atoms. The highest BCUT2D eigenvalue weighted by Crippen LogP contribution is 2.25. The lowest BCUT2D eigenvalue weighted by Crippen LogP contribution is -2.39. The third-order valence-corrected chi connectivity index (χ3v) is 2.85. The second kappa shape index (κ2) is 5.17. The average Bonchev–Trinajstić information content (AvgIpc) is 2.17. The van der Waals surface area contributed by atoms with Crippen LogP contribution in [-0.4, -0.2) is 17.9 Å². The molecule has 1 rings (SSSR count). The Hall–Kier alpha value is -0.570. The number of hydrogen-bond acceptors (Lipinski definition) is 2. The van der Waals surface area contributed by atoms with Gasteiger partial charge in [0.1, 0.15) is 0 Å². The normalized spacial score (nSPS) is 11.6. The number of carbonyl (C=O) groups excluding carboxylic acids is 1. The molecule has 0 aliphatic rings. The SMILES string of the molecule is CC(C)(C)NCC(=O)c1cccc(Cl)c1Cl. The van der Waals surface area contributed by atoms with Crippen LogP contribution >= 0.6 is 23.2 Å². The van der Waals surface area contributed by atoms with E-state index >= 15 is 0 Å². The Morgan fingerprint density at radius 2 is 1.94 bits per heavy atom. The van der Waals surface area contributed by atoms with Crippen LogP contribution in [0.5, 0.6) is 0 Å². The van der Waals surface area contributed by atoms with Crippen LogP contribution in [0, 0.1) is 0 Å². The molecule has 0 heterocycles. The summed E-state index contributed by atoms with van der Waals surface area (Å²) in [4.78, 5) is 11.9. The van der Waals surface area contributed by atoms with Gasteiger partial charge in [0.2, 0.25) is 0 Å². The molecule has 0 saturated carbocycles. The van der Waals surface area contributed by atoms with Crippen molar-refractivity contribution in [1.29, 1.82) is 0 Å². The summed E-state index contributed by atoms with van der Waals surface area (Å²) >= 11 is 11.8. The topological polar surface area (TPSA) is 29.1 Å². The zero-order chi connectivity index (χ0) is 12.3. The number of benzene rings is 1. The molecule has 1 aromatic carbocycles. The van der Waals surface area contributed by atoms with Gasteiger partial charge in [-0.15, -0.1) is 0 Å². The fourth-order valence-corrected chi connectivity index (χ4v) is 1.57. The Kier molecular flexibility index (Phi) is 4.36. The molecular weight excluding hydrogens is 245 g/mol. The van der Waals surface area contributed by atoms with Gasteiger partial charge >= 0.3 is 0 Å². The fraction of sp³-hybridized carbons (Fsp3) is 0.417. The summed E-state index contributed by atoms with van der Waals surface area (Å²) < 4.78 is 0. The molecule has 0 radical (unpaired) electrons. The van der Waals surface area contributed by atoms with Crippen molar-refractivity contribution in [1.82, 2.24) is 5.32 Å². The van der Waals surface area contributed by atoms with Gasteiger partial charge in [0, 0.05) is 11.1 Å². The van der Waals surface area contributed by atoms with Crippen molar-refractivity contribution >= 4 is 29.0 Å². The molecule has 1 N–H and O–H groups in total. The summed E-state index contributed by atoms with van der Waals surface area (Å²) in [5.41, 5.74) is 0.367. The third-order valence-electron chi connectivity index (χ3n) is 2.03. The quantitative estimate of drug-likeness (QED) is 0.842. The summed E-state index contributed by atoms with van der Waals surface area (Å²) in [6.45, 7) is 6.25. The van der Waals surface area contributed by atoms with Crippen molar-refractivity contribution in [3.05, 3.63) is 33.8 Å². The summed E-state index contributed by atoms with van der Waals surface area (Å²) in [5.74, 6) is -0.0533. The highest BCUT2D eigenvalue weighted by Gasteiger charge is 2.15. The number of Topliss-reactive ketones (excluding diaryl/α,β-unsaturated/α-hetero) is 1. The lowest BCUT2D eigenvalue weighted by atomic mass is 10.1. The van der Waals surface area contributed by atoms with Crippen molar-refractivity contribution in [2.45, 2.75) is 26.3 Å². The molecule has 0 aliphatic carbocycles. The van der Waals surface area contributed by atoms with E-state index in [1.165, 1.54) is 0 Å². The summed E-state index contributed by atoms with van der Waals surface area (Å²) in [6, 6.07) is 5.07. The minimum atomic E-state index is -0.0965. The summed E-state index contributed by atoms with van der Waals surface area (Å²) in [6.07, 6.45) is 0. The second-order valence-corrected chi connectivity index (χ2v) is 5.41. The standard InChI is InChI=1S/C12H15Cl2NO/c1-12(2,3)15-7-10(16)8-5-4-6-9(13)11(8)14/h4-6,15H,7H2,1-3H3. The Morgan fingerprint density at radius 1 is 1.31 bits per heavy atom. The first-order chi connectivity index (χ1) is 7.31. The first-order valence-corrected chi connectivity index (χ1v) is 5.79. The summed E-state index contributed by atoms with van der Waals surface area (Å²) in [5, 5.41) is 3.85. The number of hydrogen-bond donors (Lipinski definition) is 1. The molecule has 88 valence electrons. The largest absolute Gasteiger partial charge is 0.305 e. The van der Waals surface area contributed by atoms with Crippen LogP contribution in [0.1, 0.15) is 31.1 Å². The van der Waals surface area contributed by atoms with Crippen LogP contribution in [0.3, 0.4) is 0 Å². The van der Waals surface area contributed by atoms with Gasteiger partial charge in [-0.3, -0.25) is 4.79 Å². The molecule has 0 saturated heterocycles. The van der Waals surface area contributed by atoms with Gasteiger partial charge in [-0.25, -0.2) is 0 Å². The molecule has 16 heavy (non-hydrogen) atoms. The third kappa shape index (κ3) is 3.78. The van der Waals surface area contributed by atoms with E-state index in [1.807, 2.05) is 20.8 Å². The minimum Gasteiger partial charge on any atom is -0.305 e. The molecule has 0 unspecified atom stereocenters. The molecule has 0 fully saturated rings. The van der Waals surface area contributed by atoms with E-state index in [4.69, 9.17) is 23.2 Å². The maximum atomic E-state index is 11.9. The lowest BCUT2D eigenvalue weighted by molar-refractivity contribution is 0.0982. The molecule has 0 atom stereocenters. The predicted molar refractivity (Wildman–Crippen MR) is 68.5 cm³/mol. The lowest BCUT2D eigenvalue weighted by Gasteiger charge is -2.20. The number of carbonyl (C=O) groups is 1. The van der Waals surface area contributed by atoms with Crippen molar-refractivity contribution < 1.29 is 4.79 Å². The van der Waals surface area contributed by atoms with Gasteiger partial charge in [0.25, 0.3) is 0 Å². The maximum Gasteiger partial charge on any atom is 0.178 e. The van der Waals surface area contributed by atoms with Crippen LogP contribution in [0.4, 0.5) is 0 Å². The molecule has 2 nitrogen and oxygen atoms in total. The molecule has 0 spiro atoms.